The maximum absolute atomic E-state index is 12.4. The molecule has 0 saturated heterocycles. The van der Waals surface area contributed by atoms with Gasteiger partial charge in [0.1, 0.15) is 11.3 Å². The van der Waals surface area contributed by atoms with Gasteiger partial charge in [-0.1, -0.05) is 11.8 Å². The Morgan fingerprint density at radius 2 is 2.12 bits per heavy atom. The minimum absolute atomic E-state index is 0.0635. The summed E-state index contributed by atoms with van der Waals surface area (Å²) in [6.45, 7) is 5.02. The number of primary amides is 1. The van der Waals surface area contributed by atoms with Crippen LogP contribution in [0.1, 0.15) is 39.4 Å². The number of carbonyl (C=O) groups excluding carboxylic acids is 3. The van der Waals surface area contributed by atoms with Gasteiger partial charge >= 0.3 is 5.97 Å². The summed E-state index contributed by atoms with van der Waals surface area (Å²) in [5, 5.41) is 11.1. The Balaban J connectivity index is 2.19. The summed E-state index contributed by atoms with van der Waals surface area (Å²) < 4.78 is 6.89. The number of aromatic nitrogens is 3. The highest BCUT2D eigenvalue weighted by Crippen LogP contribution is 2.34. The fourth-order valence-electron chi connectivity index (χ4n) is 2.05. The van der Waals surface area contributed by atoms with Crippen molar-refractivity contribution in [1.82, 2.24) is 14.8 Å². The molecule has 0 spiro atoms. The predicted octanol–water partition coefficient (Wildman–Crippen LogP) is 1.58. The normalized spacial score (nSPS) is 10.8. The summed E-state index contributed by atoms with van der Waals surface area (Å²) in [6, 6.07) is 0. The van der Waals surface area contributed by atoms with E-state index in [-0.39, 0.29) is 33.2 Å². The summed E-state index contributed by atoms with van der Waals surface area (Å²) in [7, 11) is 1.77. The van der Waals surface area contributed by atoms with Crippen molar-refractivity contribution < 1.29 is 19.1 Å². The number of thioether (sulfide) groups is 1. The minimum atomic E-state index is -0.667. The van der Waals surface area contributed by atoms with Crippen LogP contribution >= 0.6 is 23.1 Å². The van der Waals surface area contributed by atoms with Gasteiger partial charge in [0.25, 0.3) is 5.91 Å². The molecule has 0 aromatic carbocycles. The number of thiophene rings is 1. The van der Waals surface area contributed by atoms with E-state index in [1.54, 1.807) is 32.4 Å². The number of ether oxygens (including phenoxy) is 1. The number of hydrogen-bond donors (Lipinski definition) is 2. The highest BCUT2D eigenvalue weighted by molar-refractivity contribution is 7.99. The van der Waals surface area contributed by atoms with Crippen LogP contribution in [0.15, 0.2) is 11.5 Å². The number of nitrogens with two attached hydrogens (primary N) is 1. The Bertz CT molecular complexity index is 843. The van der Waals surface area contributed by atoms with Crippen LogP contribution in [0, 0.1) is 6.92 Å². The quantitative estimate of drug-likeness (QED) is 0.536. The van der Waals surface area contributed by atoms with Crippen molar-refractivity contribution in [2.24, 2.45) is 12.8 Å². The van der Waals surface area contributed by atoms with Crippen LogP contribution in [0.4, 0.5) is 5.00 Å². The molecule has 2 aromatic heterocycles. The molecule has 0 radical (unpaired) electrons. The molecule has 26 heavy (non-hydrogen) atoms. The number of esters is 1. The van der Waals surface area contributed by atoms with E-state index >= 15 is 0 Å². The molecule has 2 rings (SSSR count). The highest BCUT2D eigenvalue weighted by atomic mass is 32.2. The lowest BCUT2D eigenvalue weighted by molar-refractivity contribution is -0.113. The van der Waals surface area contributed by atoms with Gasteiger partial charge in [-0.3, -0.25) is 9.59 Å². The molecule has 2 aromatic rings. The number of nitrogens with one attached hydrogen (secondary N) is 1. The molecule has 0 aliphatic heterocycles. The molecule has 2 heterocycles. The molecule has 0 bridgehead atoms. The van der Waals surface area contributed by atoms with Gasteiger partial charge in [0, 0.05) is 7.05 Å². The third-order valence-corrected chi connectivity index (χ3v) is 5.43. The molecule has 0 aliphatic rings. The van der Waals surface area contributed by atoms with Crippen molar-refractivity contribution >= 4 is 45.9 Å². The largest absolute Gasteiger partial charge is 0.459 e. The number of carbonyl (C=O) groups is 3. The summed E-state index contributed by atoms with van der Waals surface area (Å²) in [6.07, 6.45) is 1.19. The molecule has 3 N–H and O–H groups in total. The van der Waals surface area contributed by atoms with E-state index in [0.717, 1.165) is 11.3 Å². The maximum atomic E-state index is 12.4. The van der Waals surface area contributed by atoms with Gasteiger partial charge in [-0.05, 0) is 26.3 Å². The Morgan fingerprint density at radius 3 is 2.65 bits per heavy atom. The van der Waals surface area contributed by atoms with Crippen LogP contribution in [-0.2, 0) is 16.6 Å². The molecule has 0 unspecified atom stereocenters. The Labute approximate surface area is 158 Å². The number of rotatable bonds is 7. The smallest absolute Gasteiger partial charge is 0.341 e. The van der Waals surface area contributed by atoms with E-state index in [1.807, 2.05) is 0 Å². The van der Waals surface area contributed by atoms with Crippen molar-refractivity contribution in [2.75, 3.05) is 11.1 Å². The third-order valence-electron chi connectivity index (χ3n) is 3.17. The van der Waals surface area contributed by atoms with Gasteiger partial charge in [0.2, 0.25) is 5.91 Å². The second kappa shape index (κ2) is 8.32. The van der Waals surface area contributed by atoms with E-state index in [9.17, 15) is 14.4 Å². The van der Waals surface area contributed by atoms with Crippen LogP contribution in [0.2, 0.25) is 0 Å². The van der Waals surface area contributed by atoms with Crippen LogP contribution in [0.25, 0.3) is 0 Å². The van der Waals surface area contributed by atoms with Crippen molar-refractivity contribution in [2.45, 2.75) is 32.0 Å². The van der Waals surface area contributed by atoms with Crippen LogP contribution in [-0.4, -0.2) is 44.4 Å². The lowest BCUT2D eigenvalue weighted by atomic mass is 10.1. The lowest BCUT2D eigenvalue weighted by Gasteiger charge is -2.10. The minimum Gasteiger partial charge on any atom is -0.459 e. The van der Waals surface area contributed by atoms with Gasteiger partial charge in [-0.15, -0.1) is 21.5 Å². The Kier molecular flexibility index (Phi) is 6.37. The van der Waals surface area contributed by atoms with E-state index in [0.29, 0.717) is 10.7 Å². The zero-order valence-corrected chi connectivity index (χ0v) is 16.4. The number of anilines is 1. The van der Waals surface area contributed by atoms with Crippen LogP contribution in [0.5, 0.6) is 0 Å². The van der Waals surface area contributed by atoms with Gasteiger partial charge in [0.05, 0.1) is 22.3 Å². The van der Waals surface area contributed by atoms with Crippen molar-refractivity contribution in [1.29, 1.82) is 0 Å². The Morgan fingerprint density at radius 1 is 1.42 bits per heavy atom. The zero-order chi connectivity index (χ0) is 19.4. The second-order valence-corrected chi connectivity index (χ2v) is 7.60. The fraction of sp³-hybridized carbons (Fsp3) is 0.400. The summed E-state index contributed by atoms with van der Waals surface area (Å²) >= 11 is 2.15. The summed E-state index contributed by atoms with van der Waals surface area (Å²) in [5.74, 6) is -1.57. The molecule has 0 saturated carbocycles. The second-order valence-electron chi connectivity index (χ2n) is 5.64. The molecule has 0 fully saturated rings. The van der Waals surface area contributed by atoms with E-state index < -0.39 is 11.9 Å². The first-order valence-electron chi connectivity index (χ1n) is 7.61. The van der Waals surface area contributed by atoms with Crippen molar-refractivity contribution in [3.05, 3.63) is 22.3 Å². The van der Waals surface area contributed by atoms with E-state index in [1.165, 1.54) is 18.1 Å². The molecule has 9 nitrogen and oxygen atoms in total. The standard InChI is InChI=1S/C15H19N5O4S2/c1-7(2)24-14(23)10-8(3)11(12(16)22)26-13(10)18-9(21)5-25-15-19-17-6-20(15)4/h6-7H,5H2,1-4H3,(H2,16,22)(H,18,21). The zero-order valence-electron chi connectivity index (χ0n) is 14.7. The number of nitrogens with zero attached hydrogens (tertiary/aromatic N) is 3. The van der Waals surface area contributed by atoms with Gasteiger partial charge in [0.15, 0.2) is 5.16 Å². The molecule has 2 amide bonds. The fourth-order valence-corrected chi connectivity index (χ4v) is 3.80. The average Bonchev–Trinajstić information content (AvgIpc) is 3.08. The first-order chi connectivity index (χ1) is 12.2. The molecule has 0 atom stereocenters. The average molecular weight is 397 g/mol. The van der Waals surface area contributed by atoms with Crippen LogP contribution < -0.4 is 11.1 Å². The van der Waals surface area contributed by atoms with E-state index in [4.69, 9.17) is 10.5 Å². The van der Waals surface area contributed by atoms with Gasteiger partial charge < -0.3 is 20.4 Å². The Hall–Kier alpha value is -2.40. The molecule has 11 heteroatoms. The number of hydrogen-bond acceptors (Lipinski definition) is 8. The van der Waals surface area contributed by atoms with E-state index in [2.05, 4.69) is 15.5 Å². The summed E-state index contributed by atoms with van der Waals surface area (Å²) in [5.41, 5.74) is 5.89. The van der Waals surface area contributed by atoms with Crippen LogP contribution in [0.3, 0.4) is 0 Å². The number of amides is 2. The molecule has 0 aliphatic carbocycles. The molecular weight excluding hydrogens is 378 g/mol. The van der Waals surface area contributed by atoms with Crippen molar-refractivity contribution in [3.8, 4) is 0 Å². The highest BCUT2D eigenvalue weighted by Gasteiger charge is 2.26. The SMILES string of the molecule is Cc1c(C(N)=O)sc(NC(=O)CSc2nncn2C)c1C(=O)OC(C)C. The van der Waals surface area contributed by atoms with Gasteiger partial charge in [-0.25, -0.2) is 4.79 Å². The predicted molar refractivity (Wildman–Crippen MR) is 98.5 cm³/mol. The lowest BCUT2D eigenvalue weighted by Crippen LogP contribution is -2.18. The first kappa shape index (κ1) is 19.9. The molecule has 140 valence electrons. The topological polar surface area (TPSA) is 129 Å². The molecular formula is C15H19N5O4S2. The van der Waals surface area contributed by atoms with Crippen molar-refractivity contribution in [3.63, 3.8) is 0 Å². The number of aryl methyl sites for hydroxylation is 1. The monoisotopic (exact) mass is 397 g/mol. The van der Waals surface area contributed by atoms with Gasteiger partial charge in [-0.2, -0.15) is 0 Å². The summed E-state index contributed by atoms with van der Waals surface area (Å²) in [4.78, 5) is 36.4. The first-order valence-corrected chi connectivity index (χ1v) is 9.41. The third kappa shape index (κ3) is 4.61. The maximum Gasteiger partial charge on any atom is 0.341 e.